The molecule has 1 saturated heterocycles. The third-order valence-electron chi connectivity index (χ3n) is 2.50. The van der Waals surface area contributed by atoms with E-state index in [1.54, 1.807) is 6.08 Å². The predicted octanol–water partition coefficient (Wildman–Crippen LogP) is 1.81. The topological polar surface area (TPSA) is 20.3 Å². The number of rotatable bonds is 5. The minimum absolute atomic E-state index is 0.227. The summed E-state index contributed by atoms with van der Waals surface area (Å²) in [5.41, 5.74) is 1.16. The van der Waals surface area contributed by atoms with Crippen LogP contribution in [-0.2, 0) is 4.79 Å². The number of nitrogens with zero attached hydrogens (tertiary/aromatic N) is 1. The third-order valence-corrected chi connectivity index (χ3v) is 2.50. The van der Waals surface area contributed by atoms with E-state index in [0.717, 1.165) is 37.9 Å². The fourth-order valence-corrected chi connectivity index (χ4v) is 1.71. The van der Waals surface area contributed by atoms with Gasteiger partial charge in [-0.2, -0.15) is 0 Å². The Labute approximate surface area is 85.6 Å². The summed E-state index contributed by atoms with van der Waals surface area (Å²) in [6.45, 7) is 10.2. The summed E-state index contributed by atoms with van der Waals surface area (Å²) in [5.74, 6) is 0.227. The maximum atomic E-state index is 10.6. The Morgan fingerprint density at radius 2 is 2.29 bits per heavy atom. The Hall–Kier alpha value is -1.15. The van der Waals surface area contributed by atoms with Crippen LogP contribution >= 0.6 is 0 Å². The summed E-state index contributed by atoms with van der Waals surface area (Å²) in [7, 11) is 0. The van der Waals surface area contributed by atoms with Crippen LogP contribution < -0.4 is 0 Å². The molecule has 2 nitrogen and oxygen atoms in total. The molecule has 2 heteroatoms. The first-order chi connectivity index (χ1) is 6.80. The van der Waals surface area contributed by atoms with Crippen LogP contribution in [0.3, 0.4) is 0 Å². The van der Waals surface area contributed by atoms with Crippen LogP contribution in [0.4, 0.5) is 0 Å². The maximum Gasteiger partial charge on any atom is 0.124 e. The maximum absolute atomic E-state index is 10.6. The SMILES string of the molecule is C=C/C=C(\C=C)CN1CCC(C=O)C1. The van der Waals surface area contributed by atoms with Crippen molar-refractivity contribution in [3.05, 3.63) is 37.0 Å². The van der Waals surface area contributed by atoms with Gasteiger partial charge in [-0.1, -0.05) is 31.4 Å². The molecule has 0 aromatic rings. The van der Waals surface area contributed by atoms with E-state index in [1.807, 2.05) is 12.2 Å². The lowest BCUT2D eigenvalue weighted by Gasteiger charge is -2.15. The summed E-state index contributed by atoms with van der Waals surface area (Å²) >= 11 is 0. The van der Waals surface area contributed by atoms with Gasteiger partial charge in [0, 0.05) is 19.0 Å². The molecule has 1 aliphatic heterocycles. The largest absolute Gasteiger partial charge is 0.303 e. The lowest BCUT2D eigenvalue weighted by molar-refractivity contribution is -0.110. The van der Waals surface area contributed by atoms with E-state index in [9.17, 15) is 4.79 Å². The molecule has 0 amide bonds. The van der Waals surface area contributed by atoms with Gasteiger partial charge < -0.3 is 4.79 Å². The lowest BCUT2D eigenvalue weighted by atomic mass is 10.1. The average molecular weight is 191 g/mol. The molecule has 0 spiro atoms. The van der Waals surface area contributed by atoms with Crippen molar-refractivity contribution in [2.45, 2.75) is 6.42 Å². The zero-order valence-corrected chi connectivity index (χ0v) is 8.48. The van der Waals surface area contributed by atoms with Gasteiger partial charge in [0.2, 0.25) is 0 Å². The van der Waals surface area contributed by atoms with Gasteiger partial charge in [0.15, 0.2) is 0 Å². The van der Waals surface area contributed by atoms with E-state index in [0.29, 0.717) is 0 Å². The van der Waals surface area contributed by atoms with Crippen LogP contribution in [-0.4, -0.2) is 30.8 Å². The minimum Gasteiger partial charge on any atom is -0.303 e. The molecule has 0 bridgehead atoms. The minimum atomic E-state index is 0.227. The second-order valence-electron chi connectivity index (χ2n) is 3.60. The molecule has 1 aliphatic rings. The molecule has 1 atom stereocenters. The smallest absolute Gasteiger partial charge is 0.124 e. The Bertz CT molecular complexity index is 255. The van der Waals surface area contributed by atoms with Crippen molar-refractivity contribution in [1.82, 2.24) is 4.90 Å². The number of carbonyl (C=O) groups excluding carboxylic acids is 1. The number of hydrogen-bond donors (Lipinski definition) is 0. The quantitative estimate of drug-likeness (QED) is 0.488. The molecule has 0 N–H and O–H groups in total. The van der Waals surface area contributed by atoms with Crippen molar-refractivity contribution in [1.29, 1.82) is 0 Å². The fraction of sp³-hybridized carbons (Fsp3) is 0.417. The summed E-state index contributed by atoms with van der Waals surface area (Å²) in [6, 6.07) is 0. The standard InChI is InChI=1S/C12H17NO/c1-3-5-11(4-2)8-13-7-6-12(9-13)10-14/h3-5,10,12H,1-2,6-9H2/b11-5+. The molecule has 0 saturated carbocycles. The van der Waals surface area contributed by atoms with Crippen LogP contribution in [0.1, 0.15) is 6.42 Å². The average Bonchev–Trinajstić information content (AvgIpc) is 2.65. The zero-order chi connectivity index (χ0) is 10.4. The summed E-state index contributed by atoms with van der Waals surface area (Å²) in [6.07, 6.45) is 7.62. The van der Waals surface area contributed by atoms with Gasteiger partial charge in [-0.3, -0.25) is 4.90 Å². The molecule has 1 heterocycles. The predicted molar refractivity (Wildman–Crippen MR) is 59.1 cm³/mol. The second-order valence-corrected chi connectivity index (χ2v) is 3.60. The highest BCUT2D eigenvalue weighted by molar-refractivity contribution is 5.54. The van der Waals surface area contributed by atoms with E-state index in [1.165, 1.54) is 0 Å². The molecule has 14 heavy (non-hydrogen) atoms. The molecule has 0 aromatic heterocycles. The summed E-state index contributed by atoms with van der Waals surface area (Å²) in [4.78, 5) is 12.8. The Kier molecular flexibility index (Phi) is 4.33. The Morgan fingerprint density at radius 1 is 1.50 bits per heavy atom. The zero-order valence-electron chi connectivity index (χ0n) is 8.48. The van der Waals surface area contributed by atoms with E-state index in [4.69, 9.17) is 0 Å². The van der Waals surface area contributed by atoms with Crippen LogP contribution in [0.15, 0.2) is 37.0 Å². The molecule has 76 valence electrons. The van der Waals surface area contributed by atoms with Gasteiger partial charge in [-0.05, 0) is 18.5 Å². The van der Waals surface area contributed by atoms with Gasteiger partial charge in [0.1, 0.15) is 6.29 Å². The summed E-state index contributed by atoms with van der Waals surface area (Å²) < 4.78 is 0. The van der Waals surface area contributed by atoms with Gasteiger partial charge in [0.25, 0.3) is 0 Å². The second kappa shape index (κ2) is 5.55. The molecule has 1 rings (SSSR count). The molecular formula is C12H17NO. The number of hydrogen-bond acceptors (Lipinski definition) is 2. The van der Waals surface area contributed by atoms with Crippen molar-refractivity contribution >= 4 is 6.29 Å². The van der Waals surface area contributed by atoms with Gasteiger partial charge in [0.05, 0.1) is 0 Å². The molecule has 1 unspecified atom stereocenters. The highest BCUT2D eigenvalue weighted by atomic mass is 16.1. The van der Waals surface area contributed by atoms with Crippen molar-refractivity contribution in [2.75, 3.05) is 19.6 Å². The van der Waals surface area contributed by atoms with E-state index < -0.39 is 0 Å². The van der Waals surface area contributed by atoms with Crippen LogP contribution in [0.25, 0.3) is 0 Å². The van der Waals surface area contributed by atoms with Gasteiger partial charge in [-0.25, -0.2) is 0 Å². The van der Waals surface area contributed by atoms with Crippen molar-refractivity contribution in [3.8, 4) is 0 Å². The Balaban J connectivity index is 2.45. The van der Waals surface area contributed by atoms with E-state index >= 15 is 0 Å². The molecular weight excluding hydrogens is 174 g/mol. The number of allylic oxidation sites excluding steroid dienone is 2. The fourth-order valence-electron chi connectivity index (χ4n) is 1.71. The highest BCUT2D eigenvalue weighted by Crippen LogP contribution is 2.15. The van der Waals surface area contributed by atoms with Crippen molar-refractivity contribution < 1.29 is 4.79 Å². The lowest BCUT2D eigenvalue weighted by Crippen LogP contribution is -2.23. The number of carbonyl (C=O) groups is 1. The highest BCUT2D eigenvalue weighted by Gasteiger charge is 2.21. The van der Waals surface area contributed by atoms with Crippen molar-refractivity contribution in [3.63, 3.8) is 0 Å². The van der Waals surface area contributed by atoms with Crippen LogP contribution in [0.2, 0.25) is 0 Å². The van der Waals surface area contributed by atoms with Gasteiger partial charge >= 0.3 is 0 Å². The normalized spacial score (nSPS) is 23.4. The molecule has 0 aliphatic carbocycles. The summed E-state index contributed by atoms with van der Waals surface area (Å²) in [5, 5.41) is 0. The number of aldehydes is 1. The van der Waals surface area contributed by atoms with Gasteiger partial charge in [-0.15, -0.1) is 0 Å². The first-order valence-electron chi connectivity index (χ1n) is 4.91. The van der Waals surface area contributed by atoms with E-state index in [-0.39, 0.29) is 5.92 Å². The first-order valence-corrected chi connectivity index (χ1v) is 4.91. The molecule has 0 aromatic carbocycles. The first kappa shape index (κ1) is 10.9. The molecule has 0 radical (unpaired) electrons. The molecule has 1 fully saturated rings. The van der Waals surface area contributed by atoms with E-state index in [2.05, 4.69) is 18.1 Å². The monoisotopic (exact) mass is 191 g/mol. The number of likely N-dealkylation sites (tertiary alicyclic amines) is 1. The Morgan fingerprint density at radius 3 is 2.79 bits per heavy atom. The van der Waals surface area contributed by atoms with Crippen LogP contribution in [0.5, 0.6) is 0 Å². The third kappa shape index (κ3) is 2.96. The van der Waals surface area contributed by atoms with Crippen LogP contribution in [0, 0.1) is 5.92 Å². The van der Waals surface area contributed by atoms with Crippen molar-refractivity contribution in [2.24, 2.45) is 5.92 Å².